The van der Waals surface area contributed by atoms with Crippen LogP contribution in [0.15, 0.2) is 123 Å². The summed E-state index contributed by atoms with van der Waals surface area (Å²) in [4.78, 5) is 23.3. The van der Waals surface area contributed by atoms with Crippen LogP contribution in [0.2, 0.25) is 10.0 Å². The van der Waals surface area contributed by atoms with Crippen molar-refractivity contribution in [3.05, 3.63) is 94.0 Å². The van der Waals surface area contributed by atoms with E-state index in [-0.39, 0.29) is 94.3 Å². The Morgan fingerprint density at radius 3 is 1.35 bits per heavy atom. The van der Waals surface area contributed by atoms with E-state index in [0.717, 1.165) is 52.5 Å². The Kier molecular flexibility index (Phi) is 18.9. The minimum Gasteiger partial charge on any atom is -0.744 e. The van der Waals surface area contributed by atoms with Gasteiger partial charge >= 0.3 is 37.7 Å². The molecule has 0 aromatic heterocycles. The zero-order valence-electron chi connectivity index (χ0n) is 34.0. The molecule has 0 fully saturated rings. The number of halogens is 2. The van der Waals surface area contributed by atoms with Crippen LogP contribution < -0.4 is 22.3 Å². The fourth-order valence-electron chi connectivity index (χ4n) is 5.39. The third-order valence-electron chi connectivity index (χ3n) is 8.49. The Bertz CT molecular complexity index is 2930. The number of hydrogen-bond acceptors (Lipinski definition) is 20. The molecule has 344 valence electrons. The van der Waals surface area contributed by atoms with Crippen molar-refractivity contribution in [3.63, 3.8) is 0 Å². The number of amides is 2. The van der Waals surface area contributed by atoms with Crippen molar-refractivity contribution >= 4 is 147 Å². The summed E-state index contributed by atoms with van der Waals surface area (Å²) in [5, 5.41) is 25.3. The Balaban J connectivity index is 0.000000427. The molecule has 0 saturated carbocycles. The third-order valence-corrected chi connectivity index (χ3v) is 12.7. The van der Waals surface area contributed by atoms with Crippen molar-refractivity contribution in [3.8, 4) is 0 Å². The van der Waals surface area contributed by atoms with Crippen LogP contribution in [0.25, 0.3) is 0 Å². The predicted molar refractivity (Wildman–Crippen MR) is 234 cm³/mol. The van der Waals surface area contributed by atoms with Gasteiger partial charge in [-0.15, -0.1) is 0 Å². The van der Waals surface area contributed by atoms with Gasteiger partial charge in [-0.05, 0) is 99.5 Å². The monoisotopic (exact) mass is 1040 g/mol. The molecule has 2 aliphatic rings. The molecule has 0 bridgehead atoms. The maximum atomic E-state index is 12.8. The van der Waals surface area contributed by atoms with Gasteiger partial charge in [0.15, 0.2) is 12.1 Å². The fourth-order valence-corrected chi connectivity index (χ4v) is 8.10. The zero-order chi connectivity index (χ0) is 46.3. The number of carbonyl (C=O) groups excluding carboxylic acids is 2. The first-order chi connectivity index (χ1) is 28.6. The van der Waals surface area contributed by atoms with E-state index in [4.69, 9.17) is 23.2 Å². The quantitative estimate of drug-likeness (QED) is 0.0890. The van der Waals surface area contributed by atoms with Crippen LogP contribution in [0.3, 0.4) is 0 Å². The molecule has 4 aromatic carbocycles. The molecule has 2 atom stereocenters. The van der Waals surface area contributed by atoms with Gasteiger partial charge in [-0.3, -0.25) is 18.7 Å². The van der Waals surface area contributed by atoms with Crippen LogP contribution in [0.4, 0.5) is 22.7 Å². The van der Waals surface area contributed by atoms with Gasteiger partial charge in [0.05, 0.1) is 37.5 Å². The Morgan fingerprint density at radius 2 is 0.969 bits per heavy atom. The molecule has 8 N–H and O–H groups in total. The van der Waals surface area contributed by atoms with Gasteiger partial charge in [-0.2, -0.15) is 57.5 Å². The third kappa shape index (κ3) is 13.4. The number of carbonyl (C=O) groups is 2. The minimum atomic E-state index is -4.89. The second kappa shape index (κ2) is 21.6. The SMILES string of the molecule is CC1=NN(c2cccc(S(=O)(=O)O)c2)C(=O)C1N=Nc1cc(Cl)c(C)cc1S(=O)(=O)O.CC1=NN(c2cccc(S(=O)(=O)[O-])c2)C(=O)C1N=Nc1cc(Cl)c(C)cc1S(=O)(=O)[O-].N.N.[Ca+2]. The maximum absolute atomic E-state index is 12.8. The van der Waals surface area contributed by atoms with Gasteiger partial charge in [0.25, 0.3) is 32.1 Å². The number of rotatable bonds is 10. The number of anilines is 2. The van der Waals surface area contributed by atoms with Crippen molar-refractivity contribution < 1.29 is 61.5 Å². The first kappa shape index (κ1) is 56.9. The molecule has 0 radical (unpaired) electrons. The molecule has 2 heterocycles. The molecule has 2 aliphatic heterocycles. The molecule has 2 unspecified atom stereocenters. The average molecular weight is 1050 g/mol. The first-order valence-corrected chi connectivity index (χ1v) is 23.3. The van der Waals surface area contributed by atoms with Gasteiger partial charge in [-0.25, -0.2) is 16.8 Å². The summed E-state index contributed by atoms with van der Waals surface area (Å²) in [7, 11) is -18.8. The number of hydrazone groups is 2. The van der Waals surface area contributed by atoms with Crippen molar-refractivity contribution in [1.29, 1.82) is 0 Å². The maximum Gasteiger partial charge on any atom is 2.00 e. The molecule has 2 amide bonds. The zero-order valence-corrected chi connectivity index (χ0v) is 41.0. The second-order valence-corrected chi connectivity index (χ2v) is 19.4. The van der Waals surface area contributed by atoms with E-state index >= 15 is 0 Å². The van der Waals surface area contributed by atoms with E-state index in [9.17, 15) is 61.5 Å². The Hall–Kier alpha value is -4.24. The molecule has 0 saturated heterocycles. The van der Waals surface area contributed by atoms with E-state index in [2.05, 4.69) is 30.7 Å². The summed E-state index contributed by atoms with van der Waals surface area (Å²) in [5.41, 5.74) is 0.535. The van der Waals surface area contributed by atoms with Gasteiger partial charge in [0.2, 0.25) is 0 Å². The Labute approximate surface area is 411 Å². The topological polar surface area (TPSA) is 408 Å². The summed E-state index contributed by atoms with van der Waals surface area (Å²) in [6, 6.07) is 11.6. The predicted octanol–water partition coefficient (Wildman–Crippen LogP) is 5.29. The number of aryl methyl sites for hydroxylation is 2. The number of azo groups is 2. The van der Waals surface area contributed by atoms with Crippen LogP contribution in [-0.2, 0) is 50.1 Å². The average Bonchev–Trinajstić information content (AvgIpc) is 3.62. The van der Waals surface area contributed by atoms with Crippen molar-refractivity contribution in [2.24, 2.45) is 30.7 Å². The largest absolute Gasteiger partial charge is 2.00 e. The van der Waals surface area contributed by atoms with E-state index < -0.39 is 84.0 Å². The van der Waals surface area contributed by atoms with Gasteiger partial charge in [0, 0.05) is 10.0 Å². The van der Waals surface area contributed by atoms with E-state index in [1.165, 1.54) is 58.0 Å². The van der Waals surface area contributed by atoms with Crippen molar-refractivity contribution in [1.82, 2.24) is 12.3 Å². The summed E-state index contributed by atoms with van der Waals surface area (Å²) >= 11 is 12.0. The van der Waals surface area contributed by atoms with Crippen LogP contribution in [0.5, 0.6) is 0 Å². The minimum absolute atomic E-state index is 0. The fraction of sp³-hybridized carbons (Fsp3) is 0.176. The molecule has 65 heavy (non-hydrogen) atoms. The normalized spacial score (nSPS) is 16.6. The first-order valence-electron chi connectivity index (χ1n) is 16.8. The molecular weight excluding hydrogens is 1010 g/mol. The van der Waals surface area contributed by atoms with E-state index in [0.29, 0.717) is 11.1 Å². The van der Waals surface area contributed by atoms with Crippen LogP contribution in [0, 0.1) is 13.8 Å². The second-order valence-electron chi connectivity index (χ2n) is 13.0. The van der Waals surface area contributed by atoms with Gasteiger partial charge in [-0.1, -0.05) is 35.3 Å². The molecule has 31 heteroatoms. The smallest absolute Gasteiger partial charge is 0.744 e. The molecule has 0 aliphatic carbocycles. The van der Waals surface area contributed by atoms with Crippen molar-refractivity contribution in [2.75, 3.05) is 10.0 Å². The summed E-state index contributed by atoms with van der Waals surface area (Å²) in [6.07, 6.45) is 0. The van der Waals surface area contributed by atoms with E-state index in [1.54, 1.807) is 0 Å². The summed E-state index contributed by atoms with van der Waals surface area (Å²) in [6.45, 7) is 5.96. The standard InChI is InChI=1S/2C17H15ClN4O7S2.Ca.2H3N/c2*1-9-6-15(31(27,28)29)14(8-13(9)18)19-20-16-10(2)21-22(17(16)23)11-4-3-5-12(7-11)30(24,25)26;;;/h2*3-8,16H,1-2H3,(H,24,25,26)(H,27,28,29);;2*1H3/q;;+2;;/p-2. The van der Waals surface area contributed by atoms with E-state index in [1.807, 2.05) is 0 Å². The Morgan fingerprint density at radius 1 is 0.585 bits per heavy atom. The molecule has 24 nitrogen and oxygen atoms in total. The van der Waals surface area contributed by atoms with Crippen LogP contribution >= 0.6 is 23.2 Å². The molecular formula is C34H34CaCl2N10O14S4. The molecule has 0 spiro atoms. The van der Waals surface area contributed by atoms with Gasteiger partial charge < -0.3 is 21.4 Å². The van der Waals surface area contributed by atoms with Crippen LogP contribution in [-0.4, -0.2) is 125 Å². The summed E-state index contributed by atoms with van der Waals surface area (Å²) in [5.74, 6) is -1.42. The van der Waals surface area contributed by atoms with Crippen molar-refractivity contribution in [2.45, 2.75) is 59.4 Å². The number of hydrogen-bond donors (Lipinski definition) is 4. The number of benzene rings is 4. The molecule has 6 rings (SSSR count). The molecule has 4 aromatic rings. The van der Waals surface area contributed by atoms with Gasteiger partial charge in [0.1, 0.15) is 36.5 Å². The summed E-state index contributed by atoms with van der Waals surface area (Å²) < 4.78 is 133. The van der Waals surface area contributed by atoms with Crippen LogP contribution in [0.1, 0.15) is 25.0 Å². The number of nitrogens with zero attached hydrogens (tertiary/aromatic N) is 8.